The minimum Gasteiger partial charge on any atom is -0.380 e. The monoisotopic (exact) mass is 313 g/mol. The molecule has 0 aromatic heterocycles. The Hall–Kier alpha value is -2.20. The molecule has 0 unspecified atom stereocenters. The maximum Gasteiger partial charge on any atom is 0.254 e. The van der Waals surface area contributed by atoms with Crippen LogP contribution in [0.4, 0.5) is 4.39 Å². The first-order valence-electron chi connectivity index (χ1n) is 7.80. The Bertz CT molecular complexity index is 697. The fraction of sp³-hybridized carbons (Fsp3) is 0.316. The highest BCUT2D eigenvalue weighted by Gasteiger charge is 2.33. The largest absolute Gasteiger partial charge is 0.380 e. The Morgan fingerprint density at radius 3 is 2.61 bits per heavy atom. The van der Waals surface area contributed by atoms with Gasteiger partial charge in [0.25, 0.3) is 5.91 Å². The van der Waals surface area contributed by atoms with Crippen molar-refractivity contribution in [2.45, 2.75) is 32.0 Å². The van der Waals surface area contributed by atoms with E-state index in [2.05, 4.69) is 0 Å². The van der Waals surface area contributed by atoms with Crippen molar-refractivity contribution in [1.82, 2.24) is 4.90 Å². The highest BCUT2D eigenvalue weighted by Crippen LogP contribution is 2.30. The van der Waals surface area contributed by atoms with Crippen LogP contribution < -0.4 is 0 Å². The second-order valence-electron chi connectivity index (χ2n) is 5.93. The number of hydrogen-bond donors (Lipinski definition) is 0. The van der Waals surface area contributed by atoms with Crippen LogP contribution in [0, 0.1) is 5.82 Å². The van der Waals surface area contributed by atoms with Gasteiger partial charge in [0.2, 0.25) is 0 Å². The molecule has 3 nitrogen and oxygen atoms in total. The molecule has 1 aliphatic rings. The summed E-state index contributed by atoms with van der Waals surface area (Å²) >= 11 is 0. The van der Waals surface area contributed by atoms with Gasteiger partial charge in [0.05, 0.1) is 6.61 Å². The molecule has 0 radical (unpaired) electrons. The normalized spacial score (nSPS) is 13.8. The van der Waals surface area contributed by atoms with Crippen LogP contribution >= 0.6 is 0 Å². The maximum atomic E-state index is 13.4. The molecule has 1 saturated carbocycles. The van der Waals surface area contributed by atoms with Gasteiger partial charge in [-0.05, 0) is 48.2 Å². The zero-order valence-electron chi connectivity index (χ0n) is 13.2. The Balaban J connectivity index is 1.80. The molecular weight excluding hydrogens is 293 g/mol. The minimum atomic E-state index is -0.271. The van der Waals surface area contributed by atoms with Gasteiger partial charge in [0, 0.05) is 25.3 Å². The molecule has 2 aromatic carbocycles. The SMILES string of the molecule is COCc1cccc(C(=O)N(Cc2cccc(F)c2)C2CC2)c1. The number of benzene rings is 2. The highest BCUT2D eigenvalue weighted by atomic mass is 19.1. The Labute approximate surface area is 135 Å². The predicted molar refractivity (Wildman–Crippen MR) is 86.5 cm³/mol. The zero-order valence-corrected chi connectivity index (χ0v) is 13.2. The Morgan fingerprint density at radius 1 is 1.17 bits per heavy atom. The molecule has 23 heavy (non-hydrogen) atoms. The highest BCUT2D eigenvalue weighted by molar-refractivity contribution is 5.94. The Morgan fingerprint density at radius 2 is 1.91 bits per heavy atom. The van der Waals surface area contributed by atoms with Crippen LogP contribution in [-0.2, 0) is 17.9 Å². The summed E-state index contributed by atoms with van der Waals surface area (Å²) in [5.74, 6) is -0.275. The van der Waals surface area contributed by atoms with Crippen LogP contribution in [0.1, 0.15) is 34.3 Å². The summed E-state index contributed by atoms with van der Waals surface area (Å²) in [7, 11) is 1.63. The summed E-state index contributed by atoms with van der Waals surface area (Å²) in [4.78, 5) is 14.7. The average Bonchev–Trinajstić information content (AvgIpc) is 3.37. The van der Waals surface area contributed by atoms with Gasteiger partial charge < -0.3 is 9.64 Å². The van der Waals surface area contributed by atoms with Crippen LogP contribution in [0.2, 0.25) is 0 Å². The smallest absolute Gasteiger partial charge is 0.254 e. The molecule has 120 valence electrons. The third-order valence-electron chi connectivity index (χ3n) is 3.98. The van der Waals surface area contributed by atoms with Crippen molar-refractivity contribution in [2.75, 3.05) is 7.11 Å². The van der Waals surface area contributed by atoms with Gasteiger partial charge in [0.15, 0.2) is 0 Å². The number of rotatable bonds is 6. The van der Waals surface area contributed by atoms with Crippen molar-refractivity contribution in [2.24, 2.45) is 0 Å². The topological polar surface area (TPSA) is 29.5 Å². The van der Waals surface area contributed by atoms with Crippen molar-refractivity contribution >= 4 is 5.91 Å². The first-order valence-corrected chi connectivity index (χ1v) is 7.80. The van der Waals surface area contributed by atoms with Crippen LogP contribution in [0.25, 0.3) is 0 Å². The fourth-order valence-electron chi connectivity index (χ4n) is 2.71. The average molecular weight is 313 g/mol. The number of ether oxygens (including phenoxy) is 1. The van der Waals surface area contributed by atoms with E-state index < -0.39 is 0 Å². The van der Waals surface area contributed by atoms with Crippen LogP contribution in [0.5, 0.6) is 0 Å². The number of carbonyl (C=O) groups excluding carboxylic acids is 1. The number of nitrogens with zero attached hydrogens (tertiary/aromatic N) is 1. The summed E-state index contributed by atoms with van der Waals surface area (Å²) in [5.41, 5.74) is 2.45. The summed E-state index contributed by atoms with van der Waals surface area (Å²) in [6.07, 6.45) is 2.03. The second kappa shape index (κ2) is 6.92. The molecule has 0 bridgehead atoms. The standard InChI is InChI=1S/C19H20FNO2/c1-23-13-15-5-2-6-16(10-15)19(22)21(18-8-9-18)12-14-4-3-7-17(20)11-14/h2-7,10-11,18H,8-9,12-13H2,1H3. The lowest BCUT2D eigenvalue weighted by atomic mass is 10.1. The van der Waals surface area contributed by atoms with E-state index in [-0.39, 0.29) is 17.8 Å². The van der Waals surface area contributed by atoms with Gasteiger partial charge in [-0.25, -0.2) is 4.39 Å². The van der Waals surface area contributed by atoms with E-state index in [0.29, 0.717) is 18.7 Å². The van der Waals surface area contributed by atoms with Crippen LogP contribution in [0.3, 0.4) is 0 Å². The maximum absolute atomic E-state index is 13.4. The van der Waals surface area contributed by atoms with Crippen molar-refractivity contribution < 1.29 is 13.9 Å². The molecule has 3 rings (SSSR count). The van der Waals surface area contributed by atoms with E-state index in [1.807, 2.05) is 35.2 Å². The molecule has 2 aromatic rings. The lowest BCUT2D eigenvalue weighted by molar-refractivity contribution is 0.0729. The first kappa shape index (κ1) is 15.7. The quantitative estimate of drug-likeness (QED) is 0.812. The molecule has 1 aliphatic carbocycles. The summed E-state index contributed by atoms with van der Waals surface area (Å²) in [6, 6.07) is 14.2. The lowest BCUT2D eigenvalue weighted by Gasteiger charge is -2.23. The van der Waals surface area contributed by atoms with Crippen molar-refractivity contribution in [3.05, 3.63) is 71.0 Å². The molecule has 4 heteroatoms. The molecule has 1 amide bonds. The Kier molecular flexibility index (Phi) is 4.72. The fourth-order valence-corrected chi connectivity index (χ4v) is 2.71. The van der Waals surface area contributed by atoms with E-state index in [9.17, 15) is 9.18 Å². The third kappa shape index (κ3) is 3.96. The van der Waals surface area contributed by atoms with E-state index in [0.717, 1.165) is 24.0 Å². The zero-order chi connectivity index (χ0) is 16.2. The molecule has 0 aliphatic heterocycles. The van der Waals surface area contributed by atoms with Crippen molar-refractivity contribution in [3.63, 3.8) is 0 Å². The number of methoxy groups -OCH3 is 1. The number of carbonyl (C=O) groups is 1. The third-order valence-corrected chi connectivity index (χ3v) is 3.98. The molecular formula is C19H20FNO2. The van der Waals surface area contributed by atoms with E-state index >= 15 is 0 Å². The van der Waals surface area contributed by atoms with Gasteiger partial charge in [-0.3, -0.25) is 4.79 Å². The molecule has 0 atom stereocenters. The number of amides is 1. The number of hydrogen-bond acceptors (Lipinski definition) is 2. The summed E-state index contributed by atoms with van der Waals surface area (Å²) in [6.45, 7) is 0.921. The molecule has 0 saturated heterocycles. The van der Waals surface area contributed by atoms with Crippen molar-refractivity contribution in [3.8, 4) is 0 Å². The molecule has 0 N–H and O–H groups in total. The summed E-state index contributed by atoms with van der Waals surface area (Å²) in [5, 5.41) is 0. The van der Waals surface area contributed by atoms with Crippen LogP contribution in [0.15, 0.2) is 48.5 Å². The van der Waals surface area contributed by atoms with Gasteiger partial charge in [-0.2, -0.15) is 0 Å². The second-order valence-corrected chi connectivity index (χ2v) is 5.93. The van der Waals surface area contributed by atoms with E-state index in [1.54, 1.807) is 13.2 Å². The predicted octanol–water partition coefficient (Wildman–Crippen LogP) is 3.78. The molecule has 0 spiro atoms. The van der Waals surface area contributed by atoms with Gasteiger partial charge in [-0.1, -0.05) is 24.3 Å². The first-order chi connectivity index (χ1) is 11.2. The minimum absolute atomic E-state index is 0.00489. The molecule has 1 fully saturated rings. The molecule has 0 heterocycles. The van der Waals surface area contributed by atoms with E-state index in [4.69, 9.17) is 4.74 Å². The number of halogens is 1. The summed E-state index contributed by atoms with van der Waals surface area (Å²) < 4.78 is 18.5. The van der Waals surface area contributed by atoms with Gasteiger partial charge >= 0.3 is 0 Å². The van der Waals surface area contributed by atoms with Gasteiger partial charge in [0.1, 0.15) is 5.82 Å². The lowest BCUT2D eigenvalue weighted by Crippen LogP contribution is -2.32. The van der Waals surface area contributed by atoms with Crippen molar-refractivity contribution in [1.29, 1.82) is 0 Å². The van der Waals surface area contributed by atoms with Crippen LogP contribution in [-0.4, -0.2) is 24.0 Å². The van der Waals surface area contributed by atoms with E-state index in [1.165, 1.54) is 12.1 Å². The van der Waals surface area contributed by atoms with Gasteiger partial charge in [-0.15, -0.1) is 0 Å².